The van der Waals surface area contributed by atoms with Crippen LogP contribution in [0.3, 0.4) is 0 Å². The molecule has 1 fully saturated rings. The van der Waals surface area contributed by atoms with Crippen molar-refractivity contribution in [1.29, 1.82) is 0 Å². The maximum absolute atomic E-state index is 4.80. The van der Waals surface area contributed by atoms with Crippen LogP contribution in [0.15, 0.2) is 42.6 Å². The van der Waals surface area contributed by atoms with Crippen LogP contribution in [0.4, 0.5) is 5.82 Å². The topological polar surface area (TPSA) is 46.0 Å². The van der Waals surface area contributed by atoms with Crippen molar-refractivity contribution < 1.29 is 0 Å². The summed E-state index contributed by atoms with van der Waals surface area (Å²) >= 11 is 0. The number of likely N-dealkylation sites (tertiary alicyclic amines) is 1. The summed E-state index contributed by atoms with van der Waals surface area (Å²) < 4.78 is 2.22. The lowest BCUT2D eigenvalue weighted by Gasteiger charge is -2.16. The predicted molar refractivity (Wildman–Crippen MR) is 102 cm³/mol. The molecule has 0 saturated carbocycles. The van der Waals surface area contributed by atoms with E-state index in [2.05, 4.69) is 70.1 Å². The van der Waals surface area contributed by atoms with Crippen LogP contribution < -0.4 is 5.32 Å². The zero-order valence-electron chi connectivity index (χ0n) is 14.9. The third kappa shape index (κ3) is 3.51. The monoisotopic (exact) mass is 335 g/mol. The van der Waals surface area contributed by atoms with Gasteiger partial charge in [-0.15, -0.1) is 0 Å². The first-order chi connectivity index (χ1) is 12.2. The normalized spacial score (nSPS) is 18.1. The minimum atomic E-state index is 0.665. The molecule has 1 atom stereocenters. The molecule has 130 valence electrons. The zero-order valence-corrected chi connectivity index (χ0v) is 14.9. The average Bonchev–Trinajstić information content (AvgIpc) is 3.20. The molecule has 25 heavy (non-hydrogen) atoms. The SMILES string of the molecule is Cc1ccc(NCC2CCN(Cc3nc4ccccc4n3C)C2)nc1. The van der Waals surface area contributed by atoms with Crippen molar-refractivity contribution in [2.75, 3.05) is 25.0 Å². The van der Waals surface area contributed by atoms with Crippen LogP contribution in [0.1, 0.15) is 17.8 Å². The number of fused-ring (bicyclic) bond motifs is 1. The second kappa shape index (κ2) is 6.84. The summed E-state index contributed by atoms with van der Waals surface area (Å²) in [6, 6.07) is 12.5. The van der Waals surface area contributed by atoms with Gasteiger partial charge >= 0.3 is 0 Å². The fourth-order valence-electron chi connectivity index (χ4n) is 3.58. The minimum Gasteiger partial charge on any atom is -0.370 e. The molecule has 0 aliphatic carbocycles. The highest BCUT2D eigenvalue weighted by molar-refractivity contribution is 5.75. The quantitative estimate of drug-likeness (QED) is 0.778. The number of hydrogen-bond acceptors (Lipinski definition) is 4. The third-order valence-corrected chi connectivity index (χ3v) is 5.10. The fraction of sp³-hybridized carbons (Fsp3) is 0.400. The molecule has 0 bridgehead atoms. The molecule has 4 rings (SSSR count). The first-order valence-electron chi connectivity index (χ1n) is 8.98. The Kier molecular flexibility index (Phi) is 4.40. The number of rotatable bonds is 5. The lowest BCUT2D eigenvalue weighted by Crippen LogP contribution is -2.24. The van der Waals surface area contributed by atoms with E-state index in [4.69, 9.17) is 4.98 Å². The standard InChI is InChI=1S/C20H25N5/c1-15-7-8-19(21-11-15)22-12-16-9-10-25(13-16)14-20-23-17-5-3-4-6-18(17)24(20)2/h3-8,11,16H,9-10,12-14H2,1-2H3,(H,21,22). The van der Waals surface area contributed by atoms with Gasteiger partial charge in [-0.3, -0.25) is 4.90 Å². The second-order valence-corrected chi connectivity index (χ2v) is 7.07. The summed E-state index contributed by atoms with van der Waals surface area (Å²) in [5.74, 6) is 2.78. The average molecular weight is 335 g/mol. The van der Waals surface area contributed by atoms with Gasteiger partial charge in [0.15, 0.2) is 0 Å². The number of nitrogens with one attached hydrogen (secondary N) is 1. The van der Waals surface area contributed by atoms with Crippen molar-refractivity contribution in [2.45, 2.75) is 19.9 Å². The Labute approximate surface area is 148 Å². The number of benzene rings is 1. The molecule has 1 aromatic carbocycles. The molecule has 2 aromatic heterocycles. The summed E-state index contributed by atoms with van der Waals surface area (Å²) in [6.45, 7) is 6.21. The van der Waals surface area contributed by atoms with Gasteiger partial charge in [0, 0.05) is 26.3 Å². The molecular weight excluding hydrogens is 310 g/mol. The van der Waals surface area contributed by atoms with Gasteiger partial charge in [-0.05, 0) is 49.6 Å². The molecule has 1 aliphatic heterocycles. The molecule has 3 heterocycles. The molecule has 3 aromatic rings. The molecule has 0 amide bonds. The van der Waals surface area contributed by atoms with Gasteiger partial charge in [-0.1, -0.05) is 18.2 Å². The lowest BCUT2D eigenvalue weighted by molar-refractivity contribution is 0.308. The van der Waals surface area contributed by atoms with Crippen molar-refractivity contribution >= 4 is 16.9 Å². The van der Waals surface area contributed by atoms with Gasteiger partial charge in [0.1, 0.15) is 11.6 Å². The highest BCUT2D eigenvalue weighted by atomic mass is 15.2. The van der Waals surface area contributed by atoms with Crippen LogP contribution in [-0.4, -0.2) is 39.1 Å². The van der Waals surface area contributed by atoms with E-state index in [-0.39, 0.29) is 0 Å². The van der Waals surface area contributed by atoms with E-state index in [0.29, 0.717) is 5.92 Å². The second-order valence-electron chi connectivity index (χ2n) is 7.07. The van der Waals surface area contributed by atoms with Crippen LogP contribution in [-0.2, 0) is 13.6 Å². The molecular formula is C20H25N5. The Morgan fingerprint density at radius 2 is 2.08 bits per heavy atom. The molecule has 1 aliphatic rings. The summed E-state index contributed by atoms with van der Waals surface area (Å²) in [6.07, 6.45) is 3.14. The molecule has 1 unspecified atom stereocenters. The van der Waals surface area contributed by atoms with Crippen molar-refractivity contribution in [3.05, 3.63) is 54.0 Å². The van der Waals surface area contributed by atoms with E-state index >= 15 is 0 Å². The van der Waals surface area contributed by atoms with Gasteiger partial charge in [-0.2, -0.15) is 0 Å². The van der Waals surface area contributed by atoms with Crippen LogP contribution in [0.2, 0.25) is 0 Å². The van der Waals surface area contributed by atoms with Gasteiger partial charge in [0.2, 0.25) is 0 Å². The Morgan fingerprint density at radius 1 is 1.20 bits per heavy atom. The summed E-state index contributed by atoms with van der Waals surface area (Å²) in [5, 5.41) is 3.47. The smallest absolute Gasteiger partial charge is 0.125 e. The van der Waals surface area contributed by atoms with Gasteiger partial charge in [0.25, 0.3) is 0 Å². The molecule has 5 nitrogen and oxygen atoms in total. The summed E-state index contributed by atoms with van der Waals surface area (Å²) in [4.78, 5) is 11.7. The Hall–Kier alpha value is -2.40. The third-order valence-electron chi connectivity index (χ3n) is 5.10. The number of anilines is 1. The van der Waals surface area contributed by atoms with Crippen LogP contribution in [0.25, 0.3) is 11.0 Å². The maximum Gasteiger partial charge on any atom is 0.125 e. The Balaban J connectivity index is 1.34. The van der Waals surface area contributed by atoms with E-state index in [1.165, 1.54) is 17.5 Å². The van der Waals surface area contributed by atoms with Crippen molar-refractivity contribution in [2.24, 2.45) is 13.0 Å². The Morgan fingerprint density at radius 3 is 2.88 bits per heavy atom. The lowest BCUT2D eigenvalue weighted by atomic mass is 10.1. The van der Waals surface area contributed by atoms with Gasteiger partial charge in [0.05, 0.1) is 17.6 Å². The largest absolute Gasteiger partial charge is 0.370 e. The number of hydrogen-bond donors (Lipinski definition) is 1. The molecule has 0 spiro atoms. The molecule has 1 N–H and O–H groups in total. The number of aromatic nitrogens is 3. The van der Waals surface area contributed by atoms with Crippen LogP contribution in [0.5, 0.6) is 0 Å². The highest BCUT2D eigenvalue weighted by Gasteiger charge is 2.23. The fourth-order valence-corrected chi connectivity index (χ4v) is 3.58. The van der Waals surface area contributed by atoms with Gasteiger partial charge < -0.3 is 9.88 Å². The van der Waals surface area contributed by atoms with E-state index < -0.39 is 0 Å². The van der Waals surface area contributed by atoms with Crippen LogP contribution >= 0.6 is 0 Å². The minimum absolute atomic E-state index is 0.665. The van der Waals surface area contributed by atoms with E-state index in [9.17, 15) is 0 Å². The summed E-state index contributed by atoms with van der Waals surface area (Å²) in [7, 11) is 2.11. The van der Waals surface area contributed by atoms with Crippen molar-refractivity contribution in [3.63, 3.8) is 0 Å². The predicted octanol–water partition coefficient (Wildman–Crippen LogP) is 3.21. The van der Waals surface area contributed by atoms with E-state index in [0.717, 1.165) is 43.3 Å². The van der Waals surface area contributed by atoms with E-state index in [1.54, 1.807) is 0 Å². The maximum atomic E-state index is 4.80. The molecule has 5 heteroatoms. The highest BCUT2D eigenvalue weighted by Crippen LogP contribution is 2.21. The number of para-hydroxylation sites is 2. The number of nitrogens with zero attached hydrogens (tertiary/aromatic N) is 4. The summed E-state index contributed by atoms with van der Waals surface area (Å²) in [5.41, 5.74) is 3.49. The first kappa shape index (κ1) is 16.1. The van der Waals surface area contributed by atoms with Gasteiger partial charge in [-0.25, -0.2) is 9.97 Å². The number of imidazole rings is 1. The first-order valence-corrected chi connectivity index (χ1v) is 8.98. The Bertz CT molecular complexity index is 852. The van der Waals surface area contributed by atoms with Crippen molar-refractivity contribution in [3.8, 4) is 0 Å². The molecule has 1 saturated heterocycles. The molecule has 0 radical (unpaired) electrons. The van der Waals surface area contributed by atoms with Crippen molar-refractivity contribution in [1.82, 2.24) is 19.4 Å². The number of aryl methyl sites for hydroxylation is 2. The van der Waals surface area contributed by atoms with Crippen LogP contribution in [0, 0.1) is 12.8 Å². The zero-order chi connectivity index (χ0) is 17.2. The van der Waals surface area contributed by atoms with E-state index in [1.807, 2.05) is 6.20 Å². The number of pyridine rings is 1.